The van der Waals surface area contributed by atoms with Gasteiger partial charge < -0.3 is 4.90 Å². The predicted molar refractivity (Wildman–Crippen MR) is 116 cm³/mol. The fourth-order valence-electron chi connectivity index (χ4n) is 3.43. The normalized spacial score (nSPS) is 11.0. The van der Waals surface area contributed by atoms with Crippen LogP contribution in [0.5, 0.6) is 0 Å². The third-order valence-electron chi connectivity index (χ3n) is 5.13. The van der Waals surface area contributed by atoms with Crippen LogP contribution in [0.1, 0.15) is 21.5 Å². The molecule has 0 aliphatic rings. The van der Waals surface area contributed by atoms with E-state index in [1.165, 1.54) is 5.56 Å². The second-order valence-electron chi connectivity index (χ2n) is 7.44. The Balaban J connectivity index is 1.67. The largest absolute Gasteiger partial charge is 0.341 e. The van der Waals surface area contributed by atoms with Crippen molar-refractivity contribution < 1.29 is 4.79 Å². The summed E-state index contributed by atoms with van der Waals surface area (Å²) < 4.78 is 1.78. The van der Waals surface area contributed by atoms with E-state index in [2.05, 4.69) is 24.2 Å². The molecule has 4 aromatic rings. The van der Waals surface area contributed by atoms with Gasteiger partial charge in [-0.1, -0.05) is 48.0 Å². The van der Waals surface area contributed by atoms with E-state index >= 15 is 0 Å². The highest BCUT2D eigenvalue weighted by Gasteiger charge is 2.17. The number of nitrogens with zero attached hydrogens (tertiary/aromatic N) is 4. The second kappa shape index (κ2) is 7.87. The van der Waals surface area contributed by atoms with Crippen LogP contribution in [0, 0.1) is 6.92 Å². The maximum absolute atomic E-state index is 13.3. The highest BCUT2D eigenvalue weighted by molar-refractivity contribution is 6.07. The van der Waals surface area contributed by atoms with Crippen LogP contribution in [0.4, 0.5) is 0 Å². The third-order valence-corrected chi connectivity index (χ3v) is 5.13. The van der Waals surface area contributed by atoms with Crippen LogP contribution in [0.3, 0.4) is 0 Å². The molecule has 0 aliphatic heterocycles. The molecule has 0 spiro atoms. The maximum Gasteiger partial charge on any atom is 0.254 e. The molecule has 146 valence electrons. The number of hydrogen-bond donors (Lipinski definition) is 0. The van der Waals surface area contributed by atoms with Gasteiger partial charge >= 0.3 is 0 Å². The Hall–Kier alpha value is -3.47. The van der Waals surface area contributed by atoms with Crippen molar-refractivity contribution in [1.29, 1.82) is 0 Å². The molecule has 0 radical (unpaired) electrons. The van der Waals surface area contributed by atoms with E-state index in [9.17, 15) is 4.79 Å². The van der Waals surface area contributed by atoms with Crippen molar-refractivity contribution in [2.45, 2.75) is 13.3 Å². The molecule has 0 aliphatic carbocycles. The molecule has 0 N–H and O–H groups in total. The van der Waals surface area contributed by atoms with Crippen LogP contribution in [-0.4, -0.2) is 39.2 Å². The van der Waals surface area contributed by atoms with E-state index in [1.54, 1.807) is 9.58 Å². The summed E-state index contributed by atoms with van der Waals surface area (Å²) in [4.78, 5) is 19.9. The van der Waals surface area contributed by atoms with Crippen molar-refractivity contribution in [3.05, 3.63) is 83.7 Å². The van der Waals surface area contributed by atoms with Gasteiger partial charge in [0.25, 0.3) is 5.91 Å². The van der Waals surface area contributed by atoms with Gasteiger partial charge in [-0.2, -0.15) is 5.10 Å². The Labute approximate surface area is 170 Å². The Bertz CT molecular complexity index is 1160. The Morgan fingerprint density at radius 2 is 1.86 bits per heavy atom. The molecule has 2 aromatic carbocycles. The van der Waals surface area contributed by atoms with E-state index in [0.29, 0.717) is 12.1 Å². The lowest BCUT2D eigenvalue weighted by Crippen LogP contribution is -2.29. The van der Waals surface area contributed by atoms with Crippen LogP contribution < -0.4 is 0 Å². The first-order valence-corrected chi connectivity index (χ1v) is 9.71. The minimum absolute atomic E-state index is 0.000789. The van der Waals surface area contributed by atoms with Gasteiger partial charge in [-0.3, -0.25) is 9.48 Å². The van der Waals surface area contributed by atoms with Crippen molar-refractivity contribution in [2.75, 3.05) is 13.6 Å². The van der Waals surface area contributed by atoms with Crippen molar-refractivity contribution in [3.8, 4) is 11.3 Å². The smallest absolute Gasteiger partial charge is 0.254 e. The average Bonchev–Trinajstić information content (AvgIpc) is 3.16. The second-order valence-corrected chi connectivity index (χ2v) is 7.44. The van der Waals surface area contributed by atoms with Gasteiger partial charge in [0.2, 0.25) is 0 Å². The number of aromatic nitrogens is 3. The molecule has 1 amide bonds. The molecular formula is C24H24N4O. The van der Waals surface area contributed by atoms with Crippen LogP contribution >= 0.6 is 0 Å². The summed E-state index contributed by atoms with van der Waals surface area (Å²) in [6.07, 6.45) is 4.59. The first-order valence-electron chi connectivity index (χ1n) is 9.71. The number of hydrogen-bond acceptors (Lipinski definition) is 3. The fourth-order valence-corrected chi connectivity index (χ4v) is 3.43. The lowest BCUT2D eigenvalue weighted by molar-refractivity contribution is 0.0798. The summed E-state index contributed by atoms with van der Waals surface area (Å²) in [5, 5.41) is 5.07. The number of carbonyl (C=O) groups excluding carboxylic acids is 1. The monoisotopic (exact) mass is 384 g/mol. The molecule has 5 heteroatoms. The van der Waals surface area contributed by atoms with Crippen LogP contribution in [-0.2, 0) is 13.5 Å². The van der Waals surface area contributed by atoms with Crippen LogP contribution in [0.25, 0.3) is 22.2 Å². The topological polar surface area (TPSA) is 51.0 Å². The zero-order valence-electron chi connectivity index (χ0n) is 17.0. The number of rotatable bonds is 5. The predicted octanol–water partition coefficient (Wildman–Crippen LogP) is 4.26. The SMILES string of the molecule is Cc1ccc(-c2cc(C(=O)N(C)CCc3cnn(C)c3)c3ccccc3n2)cc1. The Morgan fingerprint density at radius 3 is 2.59 bits per heavy atom. The Morgan fingerprint density at radius 1 is 1.10 bits per heavy atom. The molecule has 0 unspecified atom stereocenters. The number of para-hydroxylation sites is 1. The van der Waals surface area contributed by atoms with Crippen molar-refractivity contribution in [1.82, 2.24) is 19.7 Å². The van der Waals surface area contributed by atoms with E-state index in [4.69, 9.17) is 4.98 Å². The number of fused-ring (bicyclic) bond motifs is 1. The summed E-state index contributed by atoms with van der Waals surface area (Å²) in [7, 11) is 3.74. The number of carbonyl (C=O) groups is 1. The van der Waals surface area contributed by atoms with Crippen LogP contribution in [0.15, 0.2) is 67.0 Å². The summed E-state index contributed by atoms with van der Waals surface area (Å²) in [5.41, 5.74) is 5.64. The minimum Gasteiger partial charge on any atom is -0.341 e. The van der Waals surface area contributed by atoms with Crippen molar-refractivity contribution in [3.63, 3.8) is 0 Å². The first kappa shape index (κ1) is 18.9. The highest BCUT2D eigenvalue weighted by atomic mass is 16.2. The summed E-state index contributed by atoms with van der Waals surface area (Å²) in [5.74, 6) is 0.000789. The van der Waals surface area contributed by atoms with E-state index in [1.807, 2.05) is 69.0 Å². The van der Waals surface area contributed by atoms with Crippen molar-refractivity contribution >= 4 is 16.8 Å². The third kappa shape index (κ3) is 4.04. The van der Waals surface area contributed by atoms with Crippen LogP contribution in [0.2, 0.25) is 0 Å². The number of aryl methyl sites for hydroxylation is 2. The number of pyridine rings is 1. The van der Waals surface area contributed by atoms with E-state index in [0.717, 1.165) is 34.1 Å². The van der Waals surface area contributed by atoms with E-state index in [-0.39, 0.29) is 5.91 Å². The summed E-state index contributed by atoms with van der Waals surface area (Å²) in [6, 6.07) is 18.0. The molecule has 0 fully saturated rings. The van der Waals surface area contributed by atoms with Gasteiger partial charge in [0.15, 0.2) is 0 Å². The number of benzene rings is 2. The van der Waals surface area contributed by atoms with Gasteiger partial charge in [0.1, 0.15) is 0 Å². The Kier molecular flexibility index (Phi) is 5.12. The molecule has 29 heavy (non-hydrogen) atoms. The molecule has 0 saturated heterocycles. The van der Waals surface area contributed by atoms with Gasteiger partial charge in [-0.25, -0.2) is 4.98 Å². The lowest BCUT2D eigenvalue weighted by atomic mass is 10.0. The molecule has 5 nitrogen and oxygen atoms in total. The quantitative estimate of drug-likeness (QED) is 0.517. The molecule has 0 saturated carbocycles. The van der Waals surface area contributed by atoms with Gasteiger partial charge in [-0.05, 0) is 31.0 Å². The lowest BCUT2D eigenvalue weighted by Gasteiger charge is -2.18. The highest BCUT2D eigenvalue weighted by Crippen LogP contribution is 2.26. The molecule has 4 rings (SSSR count). The average molecular weight is 384 g/mol. The van der Waals surface area contributed by atoms with Crippen molar-refractivity contribution in [2.24, 2.45) is 7.05 Å². The maximum atomic E-state index is 13.3. The molecule has 2 aromatic heterocycles. The zero-order chi connectivity index (χ0) is 20.4. The summed E-state index contributed by atoms with van der Waals surface area (Å²) in [6.45, 7) is 2.69. The molecule has 0 bridgehead atoms. The van der Waals surface area contributed by atoms with E-state index < -0.39 is 0 Å². The fraction of sp³-hybridized carbons (Fsp3) is 0.208. The van der Waals surface area contributed by atoms with Gasteiger partial charge in [-0.15, -0.1) is 0 Å². The number of likely N-dealkylation sites (N-methyl/N-ethyl adjacent to an activating group) is 1. The number of amides is 1. The zero-order valence-corrected chi connectivity index (χ0v) is 17.0. The minimum atomic E-state index is 0.000789. The van der Waals surface area contributed by atoms with Gasteiger partial charge in [0.05, 0.1) is 23.0 Å². The standard InChI is InChI=1S/C24H24N4O/c1-17-8-10-19(11-9-17)23-14-21(20-6-4-5-7-22(20)26-23)24(29)27(2)13-12-18-15-25-28(3)16-18/h4-11,14-16H,12-13H2,1-3H3. The van der Waals surface area contributed by atoms with Gasteiger partial charge in [0, 0.05) is 37.8 Å². The molecule has 2 heterocycles. The first-order chi connectivity index (χ1) is 14.0. The molecular weight excluding hydrogens is 360 g/mol. The summed E-state index contributed by atoms with van der Waals surface area (Å²) >= 11 is 0. The molecule has 0 atom stereocenters.